The van der Waals surface area contributed by atoms with Crippen LogP contribution >= 0.6 is 0 Å². The summed E-state index contributed by atoms with van der Waals surface area (Å²) in [6.07, 6.45) is 1.11. The Labute approximate surface area is 140 Å². The zero-order valence-corrected chi connectivity index (χ0v) is 13.5. The van der Waals surface area contributed by atoms with Crippen molar-refractivity contribution >= 4 is 22.6 Å². The Morgan fingerprint density at radius 1 is 1.08 bits per heavy atom. The average Bonchev–Trinajstić information content (AvgIpc) is 2.60. The van der Waals surface area contributed by atoms with Crippen LogP contribution in [0.1, 0.15) is 18.4 Å². The van der Waals surface area contributed by atoms with Gasteiger partial charge in [-0.1, -0.05) is 42.5 Å². The molecule has 0 aliphatic carbocycles. The summed E-state index contributed by atoms with van der Waals surface area (Å²) in [5, 5.41) is 14.5. The van der Waals surface area contributed by atoms with E-state index in [1.807, 2.05) is 42.5 Å². The topological polar surface area (TPSA) is 75.6 Å². The van der Waals surface area contributed by atoms with Gasteiger partial charge in [0.15, 0.2) is 0 Å². The summed E-state index contributed by atoms with van der Waals surface area (Å²) in [4.78, 5) is 23.8. The molecule has 1 amide bonds. The molecule has 0 atom stereocenters. The molecule has 5 heteroatoms. The molecule has 126 valence electrons. The first-order valence-corrected chi connectivity index (χ1v) is 8.15. The van der Waals surface area contributed by atoms with Gasteiger partial charge in [0.1, 0.15) is 0 Å². The molecule has 0 spiro atoms. The molecular weight excluding hydrogens is 306 g/mol. The van der Waals surface area contributed by atoms with Gasteiger partial charge >= 0.3 is 5.97 Å². The Balaban J connectivity index is 1.62. The van der Waals surface area contributed by atoms with Gasteiger partial charge in [0.2, 0.25) is 5.91 Å². The number of nitrogens with one attached hydrogen (secondary N) is 1. The third-order valence-corrected chi connectivity index (χ3v) is 4.71. The molecule has 3 rings (SSSR count). The van der Waals surface area contributed by atoms with E-state index in [1.54, 1.807) is 0 Å². The fraction of sp³-hybridized carbons (Fsp3) is 0.368. The van der Waals surface area contributed by atoms with Crippen LogP contribution in [0.25, 0.3) is 10.8 Å². The van der Waals surface area contributed by atoms with E-state index in [0.717, 1.165) is 16.3 Å². The predicted octanol–water partition coefficient (Wildman–Crippen LogP) is 2.38. The maximum atomic E-state index is 12.2. The molecule has 0 radical (unpaired) electrons. The van der Waals surface area contributed by atoms with Gasteiger partial charge in [0.05, 0.1) is 11.8 Å². The lowest BCUT2D eigenvalue weighted by atomic mass is 9.80. The Bertz CT molecular complexity index is 750. The zero-order chi connectivity index (χ0) is 17.0. The summed E-state index contributed by atoms with van der Waals surface area (Å²) in [5.41, 5.74) is 0.0136. The summed E-state index contributed by atoms with van der Waals surface area (Å²) >= 11 is 0. The van der Waals surface area contributed by atoms with Crippen LogP contribution in [0.3, 0.4) is 0 Å². The fourth-order valence-corrected chi connectivity index (χ4v) is 3.09. The van der Waals surface area contributed by atoms with E-state index >= 15 is 0 Å². The van der Waals surface area contributed by atoms with E-state index in [1.165, 1.54) is 0 Å². The highest BCUT2D eigenvalue weighted by Crippen LogP contribution is 2.30. The first-order valence-electron chi connectivity index (χ1n) is 8.15. The highest BCUT2D eigenvalue weighted by Gasteiger charge is 2.40. The second-order valence-electron chi connectivity index (χ2n) is 6.33. The van der Waals surface area contributed by atoms with Gasteiger partial charge in [0, 0.05) is 19.8 Å². The van der Waals surface area contributed by atoms with Crippen molar-refractivity contribution in [2.45, 2.75) is 19.3 Å². The highest BCUT2D eigenvalue weighted by atomic mass is 16.5. The second kappa shape index (κ2) is 7.01. The van der Waals surface area contributed by atoms with Gasteiger partial charge in [0.25, 0.3) is 0 Å². The molecule has 0 unspecified atom stereocenters. The molecule has 2 N–H and O–H groups in total. The van der Waals surface area contributed by atoms with Gasteiger partial charge < -0.3 is 15.2 Å². The lowest BCUT2D eigenvalue weighted by Crippen LogP contribution is -2.46. The number of fused-ring (bicyclic) bond motifs is 1. The van der Waals surface area contributed by atoms with Crippen LogP contribution in [0, 0.1) is 5.41 Å². The van der Waals surface area contributed by atoms with Gasteiger partial charge in [-0.15, -0.1) is 0 Å². The van der Waals surface area contributed by atoms with Crippen LogP contribution in [0.2, 0.25) is 0 Å². The van der Waals surface area contributed by atoms with Crippen LogP contribution in [-0.4, -0.2) is 36.7 Å². The van der Waals surface area contributed by atoms with Crippen molar-refractivity contribution in [2.75, 3.05) is 19.8 Å². The summed E-state index contributed by atoms with van der Waals surface area (Å²) < 4.78 is 5.24. The summed E-state index contributed by atoms with van der Waals surface area (Å²) in [5.74, 6) is -1.02. The number of ether oxygens (including phenoxy) is 1. The molecule has 0 saturated carbocycles. The van der Waals surface area contributed by atoms with Crippen LogP contribution < -0.4 is 5.32 Å². The Kier molecular flexibility index (Phi) is 4.81. The minimum atomic E-state index is -0.905. The summed E-state index contributed by atoms with van der Waals surface area (Å²) in [6, 6.07) is 13.9. The molecule has 1 heterocycles. The number of hydrogen-bond acceptors (Lipinski definition) is 3. The monoisotopic (exact) mass is 327 g/mol. The number of aliphatic carboxylic acids is 1. The van der Waals surface area contributed by atoms with E-state index in [0.29, 0.717) is 26.1 Å². The second-order valence-corrected chi connectivity index (χ2v) is 6.33. The molecule has 0 aromatic heterocycles. The Hall–Kier alpha value is -2.40. The number of hydrogen-bond donors (Lipinski definition) is 2. The molecule has 2 aromatic carbocycles. The first kappa shape index (κ1) is 16.5. The smallest absolute Gasteiger partial charge is 0.311 e. The summed E-state index contributed by atoms with van der Waals surface area (Å²) in [6.45, 7) is 0.998. The molecule has 0 bridgehead atoms. The zero-order valence-electron chi connectivity index (χ0n) is 13.5. The number of carbonyl (C=O) groups is 2. The van der Waals surface area contributed by atoms with Gasteiger partial charge in [-0.2, -0.15) is 0 Å². The maximum Gasteiger partial charge on any atom is 0.311 e. The van der Waals surface area contributed by atoms with E-state index in [9.17, 15) is 14.7 Å². The molecule has 5 nitrogen and oxygen atoms in total. The molecule has 1 fully saturated rings. The normalized spacial score (nSPS) is 16.7. The van der Waals surface area contributed by atoms with Crippen molar-refractivity contribution in [2.24, 2.45) is 5.41 Å². The first-order chi connectivity index (χ1) is 11.6. The summed E-state index contributed by atoms with van der Waals surface area (Å²) in [7, 11) is 0. The SMILES string of the molecule is O=C(Cc1ccc2ccccc2c1)NCC1(C(=O)O)CCOCC1. The minimum absolute atomic E-state index is 0.151. The van der Waals surface area contributed by atoms with E-state index in [2.05, 4.69) is 5.32 Å². The number of amides is 1. The number of carboxylic acids is 1. The number of benzene rings is 2. The van der Waals surface area contributed by atoms with Gasteiger partial charge in [-0.25, -0.2) is 0 Å². The Morgan fingerprint density at radius 2 is 1.79 bits per heavy atom. The molecule has 1 aliphatic heterocycles. The molecule has 24 heavy (non-hydrogen) atoms. The number of carbonyl (C=O) groups excluding carboxylic acids is 1. The molecule has 2 aromatic rings. The van der Waals surface area contributed by atoms with E-state index in [4.69, 9.17) is 4.74 Å². The van der Waals surface area contributed by atoms with E-state index in [-0.39, 0.29) is 18.9 Å². The van der Waals surface area contributed by atoms with Crippen LogP contribution in [0.15, 0.2) is 42.5 Å². The standard InChI is InChI=1S/C19H21NO4/c21-17(20-13-19(18(22)23)7-9-24-10-8-19)12-14-5-6-15-3-1-2-4-16(15)11-14/h1-6,11H,7-10,12-13H2,(H,20,21)(H,22,23). The van der Waals surface area contributed by atoms with Crippen LogP contribution in [-0.2, 0) is 20.7 Å². The maximum absolute atomic E-state index is 12.2. The van der Waals surface area contributed by atoms with Crippen molar-refractivity contribution in [1.29, 1.82) is 0 Å². The molecule has 1 saturated heterocycles. The quantitative estimate of drug-likeness (QED) is 0.884. The lowest BCUT2D eigenvalue weighted by Gasteiger charge is -2.33. The van der Waals surface area contributed by atoms with Crippen molar-refractivity contribution in [3.63, 3.8) is 0 Å². The van der Waals surface area contributed by atoms with Crippen molar-refractivity contribution in [1.82, 2.24) is 5.32 Å². The van der Waals surface area contributed by atoms with Gasteiger partial charge in [-0.3, -0.25) is 9.59 Å². The van der Waals surface area contributed by atoms with Crippen LogP contribution in [0.5, 0.6) is 0 Å². The molecular formula is C19H21NO4. The average molecular weight is 327 g/mol. The van der Waals surface area contributed by atoms with Crippen molar-refractivity contribution < 1.29 is 19.4 Å². The van der Waals surface area contributed by atoms with Gasteiger partial charge in [-0.05, 0) is 29.2 Å². The number of carboxylic acid groups (broad SMARTS) is 1. The molecule has 1 aliphatic rings. The van der Waals surface area contributed by atoms with Crippen molar-refractivity contribution in [3.05, 3.63) is 48.0 Å². The van der Waals surface area contributed by atoms with Crippen molar-refractivity contribution in [3.8, 4) is 0 Å². The number of rotatable bonds is 5. The highest BCUT2D eigenvalue weighted by molar-refractivity contribution is 5.85. The third kappa shape index (κ3) is 3.57. The van der Waals surface area contributed by atoms with E-state index < -0.39 is 11.4 Å². The fourth-order valence-electron chi connectivity index (χ4n) is 3.09. The Morgan fingerprint density at radius 3 is 2.50 bits per heavy atom. The lowest BCUT2D eigenvalue weighted by molar-refractivity contribution is -0.154. The predicted molar refractivity (Wildman–Crippen MR) is 90.8 cm³/mol. The minimum Gasteiger partial charge on any atom is -0.481 e. The largest absolute Gasteiger partial charge is 0.481 e. The van der Waals surface area contributed by atoms with Crippen LogP contribution in [0.4, 0.5) is 0 Å². The third-order valence-electron chi connectivity index (χ3n) is 4.71.